The summed E-state index contributed by atoms with van der Waals surface area (Å²) in [5.74, 6) is 0.442. The maximum absolute atomic E-state index is 12.5. The average Bonchev–Trinajstić information content (AvgIpc) is 3.06. The van der Waals surface area contributed by atoms with Crippen LogP contribution in [0, 0.1) is 5.92 Å². The lowest BCUT2D eigenvalue weighted by atomic mass is 10.0. The highest BCUT2D eigenvalue weighted by Crippen LogP contribution is 2.26. The fourth-order valence-corrected chi connectivity index (χ4v) is 3.55. The molecule has 0 saturated heterocycles. The van der Waals surface area contributed by atoms with E-state index in [1.54, 1.807) is 11.3 Å². The zero-order chi connectivity index (χ0) is 16.8. The lowest BCUT2D eigenvalue weighted by molar-refractivity contribution is -0.123. The van der Waals surface area contributed by atoms with Gasteiger partial charge in [-0.05, 0) is 36.9 Å². The topological polar surface area (TPSA) is 32.3 Å². The van der Waals surface area contributed by atoms with Gasteiger partial charge in [-0.1, -0.05) is 50.2 Å². The van der Waals surface area contributed by atoms with Crippen molar-refractivity contribution >= 4 is 17.2 Å². The third-order valence-electron chi connectivity index (χ3n) is 4.17. The maximum atomic E-state index is 12.5. The van der Waals surface area contributed by atoms with Crippen LogP contribution in [-0.4, -0.2) is 24.4 Å². The Kier molecular flexibility index (Phi) is 6.37. The quantitative estimate of drug-likeness (QED) is 0.823. The molecule has 0 fully saturated rings. The molecule has 1 aromatic heterocycles. The second-order valence-electron chi connectivity index (χ2n) is 6.31. The highest BCUT2D eigenvalue weighted by atomic mass is 32.1. The Bertz CT molecular complexity index is 595. The van der Waals surface area contributed by atoms with E-state index in [-0.39, 0.29) is 18.0 Å². The average molecular weight is 330 g/mol. The summed E-state index contributed by atoms with van der Waals surface area (Å²) in [7, 11) is 1.99. The molecule has 0 unspecified atom stereocenters. The van der Waals surface area contributed by atoms with Crippen molar-refractivity contribution in [1.29, 1.82) is 0 Å². The molecule has 0 saturated carbocycles. The summed E-state index contributed by atoms with van der Waals surface area (Å²) in [4.78, 5) is 15.7. The molecule has 1 N–H and O–H groups in total. The van der Waals surface area contributed by atoms with Crippen LogP contribution in [-0.2, 0) is 4.79 Å². The van der Waals surface area contributed by atoms with Crippen molar-refractivity contribution in [1.82, 2.24) is 10.2 Å². The van der Waals surface area contributed by atoms with E-state index in [9.17, 15) is 4.79 Å². The molecule has 2 rings (SSSR count). The maximum Gasteiger partial charge on any atom is 0.234 e. The van der Waals surface area contributed by atoms with Crippen LogP contribution in [0.25, 0.3) is 0 Å². The summed E-state index contributed by atoms with van der Waals surface area (Å²) < 4.78 is 0. The molecule has 124 valence electrons. The molecule has 3 nitrogen and oxygen atoms in total. The third kappa shape index (κ3) is 4.91. The molecule has 23 heavy (non-hydrogen) atoms. The van der Waals surface area contributed by atoms with Gasteiger partial charge in [0, 0.05) is 10.9 Å². The van der Waals surface area contributed by atoms with Gasteiger partial charge < -0.3 is 5.32 Å². The molecule has 4 heteroatoms. The van der Waals surface area contributed by atoms with Crippen LogP contribution in [0.1, 0.15) is 43.3 Å². The SMILES string of the molecule is CC(C)[C@H](NC(=O)CN(C)[C@@H](C)c1ccccc1)c1cccs1. The van der Waals surface area contributed by atoms with Crippen LogP contribution in [0.15, 0.2) is 47.8 Å². The summed E-state index contributed by atoms with van der Waals surface area (Å²) in [5, 5.41) is 5.24. The van der Waals surface area contributed by atoms with Gasteiger partial charge in [0.25, 0.3) is 0 Å². The van der Waals surface area contributed by atoms with Gasteiger partial charge in [-0.3, -0.25) is 9.69 Å². The zero-order valence-electron chi connectivity index (χ0n) is 14.3. The van der Waals surface area contributed by atoms with Gasteiger partial charge in [-0.15, -0.1) is 11.3 Å². The monoisotopic (exact) mass is 330 g/mol. The largest absolute Gasteiger partial charge is 0.347 e. The molecule has 1 heterocycles. The number of rotatable bonds is 7. The summed E-state index contributed by atoms with van der Waals surface area (Å²) in [6, 6.07) is 14.7. The molecular weight excluding hydrogens is 304 g/mol. The number of nitrogens with zero attached hydrogens (tertiary/aromatic N) is 1. The summed E-state index contributed by atoms with van der Waals surface area (Å²) >= 11 is 1.70. The standard InChI is InChI=1S/C19H26N2OS/c1-14(2)19(17-11-8-12-23-17)20-18(22)13-21(4)15(3)16-9-6-5-7-10-16/h5-12,14-15,19H,13H2,1-4H3,(H,20,22)/t15-,19-/m0/s1. The van der Waals surface area contributed by atoms with Gasteiger partial charge in [0.15, 0.2) is 0 Å². The second kappa shape index (κ2) is 8.27. The number of nitrogens with one attached hydrogen (secondary N) is 1. The van der Waals surface area contributed by atoms with Crippen LogP contribution in [0.5, 0.6) is 0 Å². The minimum Gasteiger partial charge on any atom is -0.347 e. The molecule has 0 aliphatic carbocycles. The molecular formula is C19H26N2OS. The molecule has 0 aliphatic heterocycles. The number of amides is 1. The Morgan fingerprint density at radius 2 is 1.83 bits per heavy atom. The molecule has 2 aromatic rings. The smallest absolute Gasteiger partial charge is 0.234 e. The van der Waals surface area contributed by atoms with Crippen LogP contribution < -0.4 is 5.32 Å². The van der Waals surface area contributed by atoms with Crippen LogP contribution in [0.4, 0.5) is 0 Å². The van der Waals surface area contributed by atoms with E-state index >= 15 is 0 Å². The minimum atomic E-state index is 0.0716. The fourth-order valence-electron chi connectivity index (χ4n) is 2.60. The van der Waals surface area contributed by atoms with Gasteiger partial charge in [0.2, 0.25) is 5.91 Å². The van der Waals surface area contributed by atoms with Crippen molar-refractivity contribution in [2.45, 2.75) is 32.9 Å². The van der Waals surface area contributed by atoms with Crippen LogP contribution in [0.2, 0.25) is 0 Å². The minimum absolute atomic E-state index is 0.0716. The predicted octanol–water partition coefficient (Wildman–Crippen LogP) is 4.25. The van der Waals surface area contributed by atoms with Crippen molar-refractivity contribution in [3.63, 3.8) is 0 Å². The normalized spacial score (nSPS) is 14.0. The summed E-state index contributed by atoms with van der Waals surface area (Å²) in [6.07, 6.45) is 0. The van der Waals surface area contributed by atoms with E-state index in [2.05, 4.69) is 54.6 Å². The van der Waals surface area contributed by atoms with Crippen LogP contribution >= 0.6 is 11.3 Å². The lowest BCUT2D eigenvalue weighted by Gasteiger charge is -2.27. The van der Waals surface area contributed by atoms with E-state index in [0.29, 0.717) is 12.5 Å². The molecule has 0 spiro atoms. The number of likely N-dealkylation sites (N-methyl/N-ethyl adjacent to an activating group) is 1. The fraction of sp³-hybridized carbons (Fsp3) is 0.421. The molecule has 1 amide bonds. The first-order valence-electron chi connectivity index (χ1n) is 8.07. The molecule has 0 bridgehead atoms. The first kappa shape index (κ1) is 17.7. The van der Waals surface area contributed by atoms with Crippen molar-refractivity contribution in [2.24, 2.45) is 5.92 Å². The van der Waals surface area contributed by atoms with Crippen molar-refractivity contribution in [3.8, 4) is 0 Å². The van der Waals surface area contributed by atoms with E-state index in [0.717, 1.165) is 0 Å². The number of hydrogen-bond acceptors (Lipinski definition) is 3. The van der Waals surface area contributed by atoms with Crippen molar-refractivity contribution in [2.75, 3.05) is 13.6 Å². The Balaban J connectivity index is 1.95. The number of hydrogen-bond donors (Lipinski definition) is 1. The number of carbonyl (C=O) groups is 1. The Morgan fingerprint density at radius 3 is 2.39 bits per heavy atom. The number of thiophene rings is 1. The predicted molar refractivity (Wildman–Crippen MR) is 97.5 cm³/mol. The molecule has 1 aromatic carbocycles. The molecule has 0 radical (unpaired) electrons. The van der Waals surface area contributed by atoms with E-state index in [1.165, 1.54) is 10.4 Å². The highest BCUT2D eigenvalue weighted by Gasteiger charge is 2.21. The van der Waals surface area contributed by atoms with Gasteiger partial charge in [0.05, 0.1) is 12.6 Å². The van der Waals surface area contributed by atoms with E-state index in [1.807, 2.05) is 31.3 Å². The zero-order valence-corrected chi connectivity index (χ0v) is 15.1. The van der Waals surface area contributed by atoms with Crippen molar-refractivity contribution in [3.05, 3.63) is 58.3 Å². The molecule has 0 aliphatic rings. The number of carbonyl (C=O) groups excluding carboxylic acids is 1. The van der Waals surface area contributed by atoms with E-state index < -0.39 is 0 Å². The molecule has 2 atom stereocenters. The van der Waals surface area contributed by atoms with Gasteiger partial charge in [-0.25, -0.2) is 0 Å². The van der Waals surface area contributed by atoms with Crippen LogP contribution in [0.3, 0.4) is 0 Å². The van der Waals surface area contributed by atoms with E-state index in [4.69, 9.17) is 0 Å². The van der Waals surface area contributed by atoms with Crippen molar-refractivity contribution < 1.29 is 4.79 Å². The van der Waals surface area contributed by atoms with Gasteiger partial charge in [-0.2, -0.15) is 0 Å². The Labute approximate surface area is 143 Å². The lowest BCUT2D eigenvalue weighted by Crippen LogP contribution is -2.39. The first-order chi connectivity index (χ1) is 11.0. The Hall–Kier alpha value is -1.65. The Morgan fingerprint density at radius 1 is 1.13 bits per heavy atom. The number of benzene rings is 1. The third-order valence-corrected chi connectivity index (χ3v) is 5.12. The summed E-state index contributed by atoms with van der Waals surface area (Å²) in [6.45, 7) is 6.80. The summed E-state index contributed by atoms with van der Waals surface area (Å²) in [5.41, 5.74) is 1.22. The van der Waals surface area contributed by atoms with Gasteiger partial charge in [0.1, 0.15) is 0 Å². The first-order valence-corrected chi connectivity index (χ1v) is 8.95. The second-order valence-corrected chi connectivity index (χ2v) is 7.29. The van der Waals surface area contributed by atoms with Gasteiger partial charge >= 0.3 is 0 Å². The highest BCUT2D eigenvalue weighted by molar-refractivity contribution is 7.10.